The third-order valence-electron chi connectivity index (χ3n) is 4.35. The second-order valence-electron chi connectivity index (χ2n) is 5.70. The highest BCUT2D eigenvalue weighted by atomic mass is 16.5. The first-order valence-corrected chi connectivity index (χ1v) is 8.11. The molecule has 1 heterocycles. The lowest BCUT2D eigenvalue weighted by Gasteiger charge is -2.12. The zero-order chi connectivity index (χ0) is 18.7. The summed E-state index contributed by atoms with van der Waals surface area (Å²) in [4.78, 5) is 3.30. The van der Waals surface area contributed by atoms with E-state index in [1.54, 1.807) is 28.4 Å². The molecular formula is C21H22NO4+. The Kier molecular flexibility index (Phi) is 4.98. The highest BCUT2D eigenvalue weighted by Gasteiger charge is 2.18. The van der Waals surface area contributed by atoms with Crippen LogP contribution in [-0.4, -0.2) is 28.4 Å². The Morgan fingerprint density at radius 2 is 1.38 bits per heavy atom. The van der Waals surface area contributed by atoms with E-state index in [1.165, 1.54) is 0 Å². The maximum absolute atomic E-state index is 5.45. The van der Waals surface area contributed by atoms with Gasteiger partial charge in [-0.2, -0.15) is 0 Å². The fourth-order valence-electron chi connectivity index (χ4n) is 2.96. The van der Waals surface area contributed by atoms with Crippen molar-refractivity contribution >= 4 is 16.3 Å². The number of fused-ring (bicyclic) bond motifs is 1. The minimum Gasteiger partial charge on any atom is -0.493 e. The number of aromatic amines is 1. The average Bonchev–Trinajstić information content (AvgIpc) is 2.70. The summed E-state index contributed by atoms with van der Waals surface area (Å²) in [6.45, 7) is 4.27. The van der Waals surface area contributed by atoms with Gasteiger partial charge in [-0.3, -0.25) is 0 Å². The van der Waals surface area contributed by atoms with Crippen molar-refractivity contribution in [3.05, 3.63) is 60.4 Å². The van der Waals surface area contributed by atoms with Gasteiger partial charge in [0.25, 0.3) is 0 Å². The summed E-state index contributed by atoms with van der Waals surface area (Å²) in [5.41, 5.74) is 2.67. The normalized spacial score (nSPS) is 10.5. The molecule has 5 nitrogen and oxygen atoms in total. The van der Waals surface area contributed by atoms with Crippen molar-refractivity contribution in [2.75, 3.05) is 28.4 Å². The number of benzene rings is 2. The molecular weight excluding hydrogens is 330 g/mol. The molecule has 0 saturated carbocycles. The van der Waals surface area contributed by atoms with Crippen LogP contribution < -0.4 is 23.9 Å². The summed E-state index contributed by atoms with van der Waals surface area (Å²) in [6, 6.07) is 11.6. The lowest BCUT2D eigenvalue weighted by molar-refractivity contribution is -0.379. The van der Waals surface area contributed by atoms with Gasteiger partial charge in [0, 0.05) is 11.6 Å². The van der Waals surface area contributed by atoms with Crippen molar-refractivity contribution in [1.29, 1.82) is 0 Å². The Balaban J connectivity index is 2.14. The number of ether oxygens (including phenoxy) is 4. The van der Waals surface area contributed by atoms with Crippen LogP contribution in [0.1, 0.15) is 11.3 Å². The number of hydrogen-bond donors (Lipinski definition) is 0. The third kappa shape index (κ3) is 3.04. The fourth-order valence-corrected chi connectivity index (χ4v) is 2.96. The molecule has 1 N–H and O–H groups in total. The van der Waals surface area contributed by atoms with E-state index in [9.17, 15) is 0 Å². The van der Waals surface area contributed by atoms with Crippen LogP contribution in [0.5, 0.6) is 23.0 Å². The molecule has 0 amide bonds. The SMILES string of the molecule is C=C(c1ccc(OC)c(OC)c1)c1[nH+]ccc2cc(OC)c(OC)cc12. The van der Waals surface area contributed by atoms with Gasteiger partial charge in [0.05, 0.1) is 33.8 Å². The predicted octanol–water partition coefficient (Wildman–Crippen LogP) is 3.75. The molecule has 3 aromatic rings. The summed E-state index contributed by atoms with van der Waals surface area (Å²) < 4.78 is 21.6. The standard InChI is InChI=1S/C21H21NO4/c1-13(14-6-7-17(23-2)18(10-14)24-3)21-16-12-20(26-5)19(25-4)11-15(16)8-9-22-21/h6-12H,1H2,2-5H3/p+1. The third-order valence-corrected chi connectivity index (χ3v) is 4.35. The summed E-state index contributed by atoms with van der Waals surface area (Å²) >= 11 is 0. The summed E-state index contributed by atoms with van der Waals surface area (Å²) in [7, 11) is 6.48. The molecule has 3 rings (SSSR count). The quantitative estimate of drug-likeness (QED) is 0.678. The van der Waals surface area contributed by atoms with E-state index >= 15 is 0 Å². The van der Waals surface area contributed by atoms with E-state index in [2.05, 4.69) is 11.6 Å². The van der Waals surface area contributed by atoms with Crippen molar-refractivity contribution < 1.29 is 23.9 Å². The first-order chi connectivity index (χ1) is 12.6. The van der Waals surface area contributed by atoms with E-state index in [0.717, 1.165) is 27.6 Å². The molecule has 0 spiro atoms. The molecule has 0 aliphatic rings. The molecule has 0 aliphatic heterocycles. The molecule has 5 heteroatoms. The maximum Gasteiger partial charge on any atom is 0.218 e. The predicted molar refractivity (Wildman–Crippen MR) is 101 cm³/mol. The second-order valence-corrected chi connectivity index (χ2v) is 5.70. The zero-order valence-corrected chi connectivity index (χ0v) is 15.4. The van der Waals surface area contributed by atoms with E-state index in [0.29, 0.717) is 23.0 Å². The monoisotopic (exact) mass is 352 g/mol. The van der Waals surface area contributed by atoms with Crippen LogP contribution in [0, 0.1) is 0 Å². The van der Waals surface area contributed by atoms with Crippen molar-refractivity contribution in [2.24, 2.45) is 0 Å². The van der Waals surface area contributed by atoms with Crippen molar-refractivity contribution in [3.63, 3.8) is 0 Å². The number of nitrogens with one attached hydrogen (secondary N) is 1. The van der Waals surface area contributed by atoms with Gasteiger partial charge in [0.2, 0.25) is 5.69 Å². The van der Waals surface area contributed by atoms with E-state index in [4.69, 9.17) is 18.9 Å². The van der Waals surface area contributed by atoms with Gasteiger partial charge in [-0.15, -0.1) is 0 Å². The second kappa shape index (κ2) is 7.35. The number of aromatic nitrogens is 1. The van der Waals surface area contributed by atoms with Gasteiger partial charge in [0.1, 0.15) is 0 Å². The van der Waals surface area contributed by atoms with Gasteiger partial charge in [-0.1, -0.05) is 12.6 Å². The Hall–Kier alpha value is -3.21. The first kappa shape index (κ1) is 17.6. The molecule has 0 atom stereocenters. The largest absolute Gasteiger partial charge is 0.493 e. The van der Waals surface area contributed by atoms with Gasteiger partial charge in [-0.05, 0) is 35.2 Å². The molecule has 2 aromatic carbocycles. The Labute approximate surface area is 152 Å². The number of H-pyrrole nitrogens is 1. The van der Waals surface area contributed by atoms with E-state index in [1.807, 2.05) is 42.6 Å². The van der Waals surface area contributed by atoms with Crippen LogP contribution in [0.4, 0.5) is 0 Å². The number of hydrogen-bond acceptors (Lipinski definition) is 4. The first-order valence-electron chi connectivity index (χ1n) is 8.11. The number of methoxy groups -OCH3 is 4. The highest BCUT2D eigenvalue weighted by molar-refractivity contribution is 5.95. The molecule has 0 bridgehead atoms. The maximum atomic E-state index is 5.45. The van der Waals surface area contributed by atoms with E-state index < -0.39 is 0 Å². The van der Waals surface area contributed by atoms with E-state index in [-0.39, 0.29) is 0 Å². The molecule has 0 unspecified atom stereocenters. The summed E-state index contributed by atoms with van der Waals surface area (Å²) in [5.74, 6) is 2.69. The lowest BCUT2D eigenvalue weighted by Crippen LogP contribution is -2.10. The molecule has 134 valence electrons. The Morgan fingerprint density at radius 1 is 0.769 bits per heavy atom. The number of pyridine rings is 1. The van der Waals surface area contributed by atoms with Gasteiger partial charge < -0.3 is 18.9 Å². The summed E-state index contributed by atoms with van der Waals surface area (Å²) in [5, 5.41) is 2.02. The smallest absolute Gasteiger partial charge is 0.218 e. The van der Waals surface area contributed by atoms with Crippen LogP contribution >= 0.6 is 0 Å². The van der Waals surface area contributed by atoms with Gasteiger partial charge >= 0.3 is 0 Å². The van der Waals surface area contributed by atoms with Gasteiger partial charge in [0.15, 0.2) is 29.2 Å². The van der Waals surface area contributed by atoms with Crippen LogP contribution in [0.25, 0.3) is 16.3 Å². The van der Waals surface area contributed by atoms with Gasteiger partial charge in [-0.25, -0.2) is 4.98 Å². The van der Waals surface area contributed by atoms with Crippen molar-refractivity contribution in [2.45, 2.75) is 0 Å². The molecule has 26 heavy (non-hydrogen) atoms. The average molecular weight is 352 g/mol. The fraction of sp³-hybridized carbons (Fsp3) is 0.190. The lowest BCUT2D eigenvalue weighted by atomic mass is 9.98. The van der Waals surface area contributed by atoms with Crippen LogP contribution in [-0.2, 0) is 0 Å². The Morgan fingerprint density at radius 3 is 2.04 bits per heavy atom. The molecule has 0 saturated heterocycles. The molecule has 0 fully saturated rings. The van der Waals surface area contributed by atoms with Crippen LogP contribution in [0.2, 0.25) is 0 Å². The highest BCUT2D eigenvalue weighted by Crippen LogP contribution is 2.36. The Bertz CT molecular complexity index is 966. The molecule has 0 aliphatic carbocycles. The van der Waals surface area contributed by atoms with Crippen LogP contribution in [0.3, 0.4) is 0 Å². The van der Waals surface area contributed by atoms with Crippen LogP contribution in [0.15, 0.2) is 49.2 Å². The minimum absolute atomic E-state index is 0.658. The topological polar surface area (TPSA) is 51.1 Å². The van der Waals surface area contributed by atoms with Crippen molar-refractivity contribution in [3.8, 4) is 23.0 Å². The summed E-state index contributed by atoms with van der Waals surface area (Å²) in [6.07, 6.45) is 1.88. The molecule has 0 radical (unpaired) electrons. The molecule has 1 aromatic heterocycles. The number of rotatable bonds is 6. The zero-order valence-electron chi connectivity index (χ0n) is 15.4. The minimum atomic E-state index is 0.658. The van der Waals surface area contributed by atoms with Crippen molar-refractivity contribution in [1.82, 2.24) is 0 Å².